The lowest BCUT2D eigenvalue weighted by Gasteiger charge is -2.16. The van der Waals surface area contributed by atoms with Gasteiger partial charge in [0.1, 0.15) is 0 Å². The zero-order valence-corrected chi connectivity index (χ0v) is 18.3. The molecule has 1 N–H and O–H groups in total. The van der Waals surface area contributed by atoms with Gasteiger partial charge in [-0.15, -0.1) is 0 Å². The molecule has 2 heterocycles. The summed E-state index contributed by atoms with van der Waals surface area (Å²) >= 11 is 5.99. The lowest BCUT2D eigenvalue weighted by Crippen LogP contribution is -2.28. The van der Waals surface area contributed by atoms with E-state index in [4.69, 9.17) is 11.6 Å². The van der Waals surface area contributed by atoms with Gasteiger partial charge in [0.25, 0.3) is 0 Å². The maximum Gasteiger partial charge on any atom is 0.435 e. The quantitative estimate of drug-likeness (QED) is 0.583. The van der Waals surface area contributed by atoms with Crippen LogP contribution in [0.1, 0.15) is 35.4 Å². The molecule has 1 aliphatic heterocycles. The van der Waals surface area contributed by atoms with Crippen LogP contribution in [0.2, 0.25) is 5.02 Å². The first-order valence-corrected chi connectivity index (χ1v) is 10.5. The second kappa shape index (κ2) is 8.50. The molecule has 5 nitrogen and oxygen atoms in total. The highest BCUT2D eigenvalue weighted by molar-refractivity contribution is 6.30. The van der Waals surface area contributed by atoms with Gasteiger partial charge >= 0.3 is 6.18 Å². The van der Waals surface area contributed by atoms with Crippen LogP contribution in [0.3, 0.4) is 0 Å². The third kappa shape index (κ3) is 4.46. The predicted molar refractivity (Wildman–Crippen MR) is 117 cm³/mol. The van der Waals surface area contributed by atoms with Gasteiger partial charge in [0, 0.05) is 24.3 Å². The fraction of sp³-hybridized carbons (Fsp3) is 0.304. The number of fused-ring (bicyclic) bond motifs is 1. The van der Waals surface area contributed by atoms with Crippen molar-refractivity contribution in [2.24, 2.45) is 0 Å². The number of nitrogens with one attached hydrogen (secondary N) is 1. The molecule has 1 amide bonds. The number of aromatic nitrogens is 2. The second-order valence-corrected chi connectivity index (χ2v) is 8.35. The highest BCUT2D eigenvalue weighted by Crippen LogP contribution is 2.31. The van der Waals surface area contributed by atoms with Crippen LogP contribution in [0.5, 0.6) is 0 Å². The van der Waals surface area contributed by atoms with Gasteiger partial charge in [-0.1, -0.05) is 29.8 Å². The van der Waals surface area contributed by atoms with Crippen LogP contribution >= 0.6 is 11.6 Å². The van der Waals surface area contributed by atoms with Crippen LogP contribution in [0, 0.1) is 0 Å². The molecule has 0 fully saturated rings. The van der Waals surface area contributed by atoms with Crippen molar-refractivity contribution in [3.8, 4) is 5.69 Å². The molecular weight excluding hydrogens is 441 g/mol. The first-order chi connectivity index (χ1) is 15.1. The smallest absolute Gasteiger partial charge is 0.374 e. The van der Waals surface area contributed by atoms with Crippen LogP contribution in [0.4, 0.5) is 18.9 Å². The summed E-state index contributed by atoms with van der Waals surface area (Å²) in [4.78, 5) is 15.0. The number of benzene rings is 2. The standard InChI is InChI=1S/C23H22ClF3N4O/c1-14(15-6-7-20-16(10-15)8-9-30(20)2)22(32)28-13-19-12-21(23(25,26)27)29-31(19)18-5-3-4-17(24)11-18/h3-7,10-12,14H,8-9,13H2,1-2H3,(H,28,32). The van der Waals surface area contributed by atoms with Gasteiger partial charge in [-0.2, -0.15) is 18.3 Å². The molecule has 0 radical (unpaired) electrons. The van der Waals surface area contributed by atoms with Gasteiger partial charge in [0.15, 0.2) is 5.69 Å². The Morgan fingerprint density at radius 1 is 1.22 bits per heavy atom. The molecule has 3 aromatic rings. The number of carbonyl (C=O) groups excluding carboxylic acids is 1. The molecule has 1 aliphatic rings. The minimum atomic E-state index is -4.60. The minimum absolute atomic E-state index is 0.105. The van der Waals surface area contributed by atoms with E-state index in [2.05, 4.69) is 15.3 Å². The number of alkyl halides is 3. The molecule has 1 unspecified atom stereocenters. The van der Waals surface area contributed by atoms with E-state index in [0.29, 0.717) is 10.7 Å². The molecule has 2 aromatic carbocycles. The summed E-state index contributed by atoms with van der Waals surface area (Å²) < 4.78 is 41.0. The molecule has 9 heteroatoms. The summed E-state index contributed by atoms with van der Waals surface area (Å²) in [7, 11) is 2.03. The van der Waals surface area contributed by atoms with Gasteiger partial charge < -0.3 is 10.2 Å². The van der Waals surface area contributed by atoms with Crippen LogP contribution in [0.15, 0.2) is 48.5 Å². The fourth-order valence-corrected chi connectivity index (χ4v) is 4.04. The Kier molecular flexibility index (Phi) is 5.90. The summed E-state index contributed by atoms with van der Waals surface area (Å²) in [5.41, 5.74) is 2.78. The lowest BCUT2D eigenvalue weighted by atomic mass is 9.97. The molecule has 1 aromatic heterocycles. The number of likely N-dealkylation sites (N-methyl/N-ethyl adjacent to an activating group) is 1. The maximum atomic E-state index is 13.3. The molecule has 168 valence electrons. The molecule has 0 saturated carbocycles. The summed E-state index contributed by atoms with van der Waals surface area (Å²) in [6.07, 6.45) is -3.68. The topological polar surface area (TPSA) is 50.2 Å². The molecule has 0 spiro atoms. The third-order valence-corrected chi connectivity index (χ3v) is 5.93. The zero-order valence-electron chi connectivity index (χ0n) is 17.6. The van der Waals surface area contributed by atoms with Gasteiger partial charge in [0.05, 0.1) is 23.8 Å². The van der Waals surface area contributed by atoms with E-state index in [1.165, 1.54) is 11.6 Å². The van der Waals surface area contributed by atoms with Crippen molar-refractivity contribution < 1.29 is 18.0 Å². The number of halogens is 4. The first-order valence-electron chi connectivity index (χ1n) is 10.2. The van der Waals surface area contributed by atoms with Crippen molar-refractivity contribution in [2.75, 3.05) is 18.5 Å². The van der Waals surface area contributed by atoms with Crippen LogP contribution < -0.4 is 10.2 Å². The Labute approximate surface area is 188 Å². The number of amides is 1. The van der Waals surface area contributed by atoms with E-state index in [-0.39, 0.29) is 18.1 Å². The number of hydrogen-bond donors (Lipinski definition) is 1. The molecule has 0 bridgehead atoms. The normalized spacial score (nSPS) is 14.4. The van der Waals surface area contributed by atoms with Gasteiger partial charge in [0.2, 0.25) is 5.91 Å². The van der Waals surface area contributed by atoms with E-state index in [0.717, 1.165) is 35.0 Å². The van der Waals surface area contributed by atoms with E-state index in [1.54, 1.807) is 25.1 Å². The maximum absolute atomic E-state index is 13.3. The molecule has 0 saturated heterocycles. The number of rotatable bonds is 5. The van der Waals surface area contributed by atoms with Crippen LogP contribution in [-0.4, -0.2) is 29.3 Å². The predicted octanol–water partition coefficient (Wildman–Crippen LogP) is 4.96. The van der Waals surface area contributed by atoms with E-state index in [9.17, 15) is 18.0 Å². The third-order valence-electron chi connectivity index (χ3n) is 5.69. The number of anilines is 1. The highest BCUT2D eigenvalue weighted by Gasteiger charge is 2.35. The van der Waals surface area contributed by atoms with E-state index in [1.807, 2.05) is 25.2 Å². The summed E-state index contributed by atoms with van der Waals surface area (Å²) in [6.45, 7) is 2.62. The van der Waals surface area contributed by atoms with Crippen molar-refractivity contribution in [3.05, 3.63) is 76.1 Å². The van der Waals surface area contributed by atoms with E-state index >= 15 is 0 Å². The molecule has 0 aliphatic carbocycles. The Morgan fingerprint density at radius 3 is 2.72 bits per heavy atom. The minimum Gasteiger partial charge on any atom is -0.374 e. The van der Waals surface area contributed by atoms with Crippen LogP contribution in [0.25, 0.3) is 5.69 Å². The Morgan fingerprint density at radius 2 is 2.00 bits per heavy atom. The van der Waals surface area contributed by atoms with Gasteiger partial charge in [-0.25, -0.2) is 4.68 Å². The van der Waals surface area contributed by atoms with Gasteiger partial charge in [-0.3, -0.25) is 4.79 Å². The van der Waals surface area contributed by atoms with Crippen molar-refractivity contribution in [2.45, 2.75) is 32.0 Å². The van der Waals surface area contributed by atoms with Crippen molar-refractivity contribution in [1.82, 2.24) is 15.1 Å². The molecule has 1 atom stereocenters. The average molecular weight is 463 g/mol. The van der Waals surface area contributed by atoms with Crippen LogP contribution in [-0.2, 0) is 23.9 Å². The number of carbonyl (C=O) groups is 1. The largest absolute Gasteiger partial charge is 0.435 e. The Balaban J connectivity index is 1.54. The number of nitrogens with zero attached hydrogens (tertiary/aromatic N) is 3. The monoisotopic (exact) mass is 462 g/mol. The Hall–Kier alpha value is -3.00. The first kappa shape index (κ1) is 22.2. The van der Waals surface area contributed by atoms with Crippen molar-refractivity contribution >= 4 is 23.2 Å². The fourth-order valence-electron chi connectivity index (χ4n) is 3.85. The Bertz CT molecular complexity index is 1160. The summed E-state index contributed by atoms with van der Waals surface area (Å²) in [5, 5.41) is 6.82. The lowest BCUT2D eigenvalue weighted by molar-refractivity contribution is -0.141. The van der Waals surface area contributed by atoms with E-state index < -0.39 is 17.8 Å². The van der Waals surface area contributed by atoms with Gasteiger partial charge in [-0.05, 0) is 54.8 Å². The SMILES string of the molecule is CC(C(=O)NCc1cc(C(F)(F)F)nn1-c1cccc(Cl)c1)c1ccc2c(c1)CCN2C. The molecule has 32 heavy (non-hydrogen) atoms. The number of hydrogen-bond acceptors (Lipinski definition) is 3. The molecular formula is C23H22ClF3N4O. The van der Waals surface area contributed by atoms with Crippen molar-refractivity contribution in [3.63, 3.8) is 0 Å². The average Bonchev–Trinajstić information content (AvgIpc) is 3.35. The highest BCUT2D eigenvalue weighted by atomic mass is 35.5. The second-order valence-electron chi connectivity index (χ2n) is 7.91. The summed E-state index contributed by atoms with van der Waals surface area (Å²) in [5.74, 6) is -0.723. The zero-order chi connectivity index (χ0) is 23.0. The van der Waals surface area contributed by atoms with Crippen molar-refractivity contribution in [1.29, 1.82) is 0 Å². The summed E-state index contributed by atoms with van der Waals surface area (Å²) in [6, 6.07) is 13.3. The molecule has 4 rings (SSSR count).